The van der Waals surface area contributed by atoms with Crippen LogP contribution in [0.1, 0.15) is 17.4 Å². The molecule has 0 aliphatic heterocycles. The number of aryl methyl sites for hydroxylation is 1. The molecular weight excluding hydrogens is 208 g/mol. The fraction of sp³-hybridized carbons (Fsp3) is 0.250. The smallest absolute Gasteiger partial charge is 0.342 e. The second-order valence-electron chi connectivity index (χ2n) is 3.62. The van der Waals surface area contributed by atoms with Crippen molar-refractivity contribution in [2.24, 2.45) is 0 Å². The fourth-order valence-electron chi connectivity index (χ4n) is 1.52. The maximum absolute atomic E-state index is 11.1. The van der Waals surface area contributed by atoms with E-state index in [9.17, 15) is 9.90 Å². The first kappa shape index (κ1) is 10.7. The van der Waals surface area contributed by atoms with Crippen LogP contribution in [0.3, 0.4) is 0 Å². The number of esters is 1. The molecule has 0 spiro atoms. The first-order valence-corrected chi connectivity index (χ1v) is 4.88. The molecule has 1 aromatic carbocycles. The summed E-state index contributed by atoms with van der Waals surface area (Å²) in [7, 11) is 1.22. The SMILES string of the molecule is COC(=O)C(O)c1cc2ccc(C)cc2o1. The van der Waals surface area contributed by atoms with Crippen molar-refractivity contribution in [3.63, 3.8) is 0 Å². The number of furan rings is 1. The van der Waals surface area contributed by atoms with Gasteiger partial charge in [-0.2, -0.15) is 0 Å². The van der Waals surface area contributed by atoms with Crippen LogP contribution in [0.4, 0.5) is 0 Å². The summed E-state index contributed by atoms with van der Waals surface area (Å²) in [6.45, 7) is 1.94. The van der Waals surface area contributed by atoms with Crippen molar-refractivity contribution < 1.29 is 19.1 Å². The van der Waals surface area contributed by atoms with E-state index in [1.165, 1.54) is 7.11 Å². The first-order valence-electron chi connectivity index (χ1n) is 4.88. The number of carbonyl (C=O) groups excluding carboxylic acids is 1. The molecule has 2 aromatic rings. The Hall–Kier alpha value is -1.81. The average molecular weight is 220 g/mol. The van der Waals surface area contributed by atoms with Crippen LogP contribution in [0.5, 0.6) is 0 Å². The maximum atomic E-state index is 11.1. The molecule has 0 aliphatic rings. The molecule has 0 amide bonds. The molecule has 1 aromatic heterocycles. The lowest BCUT2D eigenvalue weighted by molar-refractivity contribution is -0.151. The topological polar surface area (TPSA) is 59.7 Å². The monoisotopic (exact) mass is 220 g/mol. The second-order valence-corrected chi connectivity index (χ2v) is 3.62. The van der Waals surface area contributed by atoms with Crippen LogP contribution >= 0.6 is 0 Å². The lowest BCUT2D eigenvalue weighted by Gasteiger charge is -2.03. The Bertz CT molecular complexity index is 527. The minimum atomic E-state index is -1.36. The van der Waals surface area contributed by atoms with Gasteiger partial charge in [0, 0.05) is 5.39 Å². The Morgan fingerprint density at radius 2 is 2.19 bits per heavy atom. The molecular formula is C12H12O4. The molecule has 1 atom stereocenters. The third-order valence-electron chi connectivity index (χ3n) is 2.39. The Labute approximate surface area is 92.4 Å². The third-order valence-corrected chi connectivity index (χ3v) is 2.39. The van der Waals surface area contributed by atoms with Gasteiger partial charge >= 0.3 is 5.97 Å². The molecule has 0 saturated carbocycles. The number of carbonyl (C=O) groups is 1. The van der Waals surface area contributed by atoms with Gasteiger partial charge in [-0.25, -0.2) is 4.79 Å². The summed E-state index contributed by atoms with van der Waals surface area (Å²) in [6.07, 6.45) is -1.36. The van der Waals surface area contributed by atoms with Crippen molar-refractivity contribution in [1.82, 2.24) is 0 Å². The fourth-order valence-corrected chi connectivity index (χ4v) is 1.52. The summed E-state index contributed by atoms with van der Waals surface area (Å²) in [5, 5.41) is 10.4. The molecule has 4 heteroatoms. The van der Waals surface area contributed by atoms with Crippen molar-refractivity contribution in [3.8, 4) is 0 Å². The maximum Gasteiger partial charge on any atom is 0.342 e. The summed E-state index contributed by atoms with van der Waals surface area (Å²) < 4.78 is 9.82. The van der Waals surface area contributed by atoms with Gasteiger partial charge in [-0.05, 0) is 24.6 Å². The molecule has 0 bridgehead atoms. The molecule has 0 saturated heterocycles. The van der Waals surface area contributed by atoms with E-state index in [1.807, 2.05) is 25.1 Å². The second kappa shape index (κ2) is 3.98. The molecule has 1 unspecified atom stereocenters. The average Bonchev–Trinajstić information content (AvgIpc) is 2.69. The quantitative estimate of drug-likeness (QED) is 0.786. The number of methoxy groups -OCH3 is 1. The van der Waals surface area contributed by atoms with Crippen LogP contribution in [0.25, 0.3) is 11.0 Å². The van der Waals surface area contributed by atoms with Crippen LogP contribution in [-0.4, -0.2) is 18.2 Å². The highest BCUT2D eigenvalue weighted by Crippen LogP contribution is 2.25. The Morgan fingerprint density at radius 3 is 2.88 bits per heavy atom. The molecule has 0 aliphatic carbocycles. The van der Waals surface area contributed by atoms with Crippen LogP contribution in [0, 0.1) is 6.92 Å². The number of hydrogen-bond acceptors (Lipinski definition) is 4. The lowest BCUT2D eigenvalue weighted by atomic mass is 10.2. The highest BCUT2D eigenvalue weighted by atomic mass is 16.5. The zero-order valence-corrected chi connectivity index (χ0v) is 9.06. The number of rotatable bonds is 2. The highest BCUT2D eigenvalue weighted by Gasteiger charge is 2.21. The summed E-state index contributed by atoms with van der Waals surface area (Å²) in [5.41, 5.74) is 1.71. The van der Waals surface area contributed by atoms with Crippen molar-refractivity contribution in [1.29, 1.82) is 0 Å². The zero-order valence-electron chi connectivity index (χ0n) is 9.06. The van der Waals surface area contributed by atoms with E-state index in [2.05, 4.69) is 4.74 Å². The number of aliphatic hydroxyl groups excluding tert-OH is 1. The molecule has 2 rings (SSSR count). The molecule has 1 heterocycles. The summed E-state index contributed by atoms with van der Waals surface area (Å²) >= 11 is 0. The lowest BCUT2D eigenvalue weighted by Crippen LogP contribution is -2.12. The van der Waals surface area contributed by atoms with E-state index in [1.54, 1.807) is 6.07 Å². The zero-order chi connectivity index (χ0) is 11.7. The molecule has 0 fully saturated rings. The van der Waals surface area contributed by atoms with Gasteiger partial charge in [0.25, 0.3) is 0 Å². The standard InChI is InChI=1S/C12H12O4/c1-7-3-4-8-6-10(16-9(8)5-7)11(13)12(14)15-2/h3-6,11,13H,1-2H3. The van der Waals surface area contributed by atoms with Crippen LogP contribution in [0.2, 0.25) is 0 Å². The van der Waals surface area contributed by atoms with E-state index in [-0.39, 0.29) is 5.76 Å². The van der Waals surface area contributed by atoms with Crippen LogP contribution in [-0.2, 0) is 9.53 Å². The first-order chi connectivity index (χ1) is 7.61. The van der Waals surface area contributed by atoms with Gasteiger partial charge in [-0.1, -0.05) is 12.1 Å². The van der Waals surface area contributed by atoms with E-state index in [0.29, 0.717) is 5.58 Å². The molecule has 16 heavy (non-hydrogen) atoms. The summed E-state index contributed by atoms with van der Waals surface area (Å²) in [6, 6.07) is 7.30. The minimum absolute atomic E-state index is 0.201. The van der Waals surface area contributed by atoms with Gasteiger partial charge in [-0.15, -0.1) is 0 Å². The van der Waals surface area contributed by atoms with Gasteiger partial charge in [0.15, 0.2) is 0 Å². The number of ether oxygens (including phenoxy) is 1. The van der Waals surface area contributed by atoms with Crippen molar-refractivity contribution in [2.75, 3.05) is 7.11 Å². The molecule has 0 radical (unpaired) electrons. The normalized spacial score (nSPS) is 12.7. The minimum Gasteiger partial charge on any atom is -0.467 e. The Balaban J connectivity index is 2.43. The predicted molar refractivity (Wildman–Crippen MR) is 57.9 cm³/mol. The van der Waals surface area contributed by atoms with Gasteiger partial charge in [0.2, 0.25) is 6.10 Å². The highest BCUT2D eigenvalue weighted by molar-refractivity contribution is 5.82. The molecule has 84 valence electrons. The molecule has 4 nitrogen and oxygen atoms in total. The third kappa shape index (κ3) is 1.79. The largest absolute Gasteiger partial charge is 0.467 e. The van der Waals surface area contributed by atoms with E-state index >= 15 is 0 Å². The van der Waals surface area contributed by atoms with Gasteiger partial charge < -0.3 is 14.3 Å². The van der Waals surface area contributed by atoms with Crippen molar-refractivity contribution in [2.45, 2.75) is 13.0 Å². The van der Waals surface area contributed by atoms with E-state index < -0.39 is 12.1 Å². The molecule has 1 N–H and O–H groups in total. The van der Waals surface area contributed by atoms with Gasteiger partial charge in [0.1, 0.15) is 11.3 Å². The Morgan fingerprint density at radius 1 is 1.44 bits per heavy atom. The van der Waals surface area contributed by atoms with Crippen molar-refractivity contribution >= 4 is 16.9 Å². The van der Waals surface area contributed by atoms with Gasteiger partial charge in [-0.3, -0.25) is 0 Å². The van der Waals surface area contributed by atoms with Gasteiger partial charge in [0.05, 0.1) is 7.11 Å². The number of aliphatic hydroxyl groups is 1. The van der Waals surface area contributed by atoms with Crippen LogP contribution in [0.15, 0.2) is 28.7 Å². The number of benzene rings is 1. The summed E-state index contributed by atoms with van der Waals surface area (Å²) in [4.78, 5) is 11.1. The number of hydrogen-bond donors (Lipinski definition) is 1. The Kier molecular flexibility index (Phi) is 2.66. The van der Waals surface area contributed by atoms with Crippen molar-refractivity contribution in [3.05, 3.63) is 35.6 Å². The predicted octanol–water partition coefficient (Wildman–Crippen LogP) is 1.95. The number of fused-ring (bicyclic) bond motifs is 1. The van der Waals surface area contributed by atoms with Crippen LogP contribution < -0.4 is 0 Å². The van der Waals surface area contributed by atoms with E-state index in [0.717, 1.165) is 10.9 Å². The van der Waals surface area contributed by atoms with E-state index in [4.69, 9.17) is 4.42 Å². The summed E-state index contributed by atoms with van der Waals surface area (Å²) in [5.74, 6) is -0.525.